The molecule has 0 fully saturated rings. The molecular formula is C134H154N2O2. The average Bonchev–Trinajstić information content (AvgIpc) is 0.848. The molecule has 7 rings (SSSR count). The van der Waals surface area contributed by atoms with Crippen LogP contribution in [0.3, 0.4) is 0 Å². The number of unbranched alkanes of at least 4 members (excludes halogenated alkanes) is 44. The minimum atomic E-state index is -0.213. The maximum absolute atomic E-state index is 14.1. The standard InChI is InChI=1S/C134H154N2O2/c1-7-13-19-25-31-33-35-37-39-41-43-45-47-49-51-53-59-77-95-135-133(137)131-111-127-91-73-69-87-123-101-115(79-61-55-27-21-15-9-3)97-119(105-123)83-65-67-85-121-99-117(81-63-57-29-23-17-11-5)103-125(107-121)89-71-75-93-129-110-130(114-132(113-129)134(138)136-96-78-60-54-52-50-48-46-44-42-40-38-36-34-32-26-20-14-8-2)94-76-72-90-126-104-118(82-64-58-30-24-18-12-6)100-122(108-126)86-68-66-84-120-98-116(80-62-56-28-22-16-10-4)102-124(106-120)88-70-74-92-128(109-127)112-131/h97-114H,7-44,53-64,77-82,95-96H2,1-6H3,(H,135,137)(H,136,138). The van der Waals surface area contributed by atoms with Gasteiger partial charge in [0, 0.05) is 115 Å². The number of carbonyl (C=O) groups is 2. The first-order valence-corrected chi connectivity index (χ1v) is 53.6. The predicted molar refractivity (Wildman–Crippen MR) is 580 cm³/mol. The van der Waals surface area contributed by atoms with Gasteiger partial charge in [0.15, 0.2) is 0 Å². The van der Waals surface area contributed by atoms with E-state index in [4.69, 9.17) is 0 Å². The third kappa shape index (κ3) is 54.8. The summed E-state index contributed by atoms with van der Waals surface area (Å²) in [6, 6.07) is 114. The quantitative estimate of drug-likeness (QED) is 0.0295. The second kappa shape index (κ2) is 76.3. The Morgan fingerprint density at radius 2 is 0.341 bits per heavy atom. The van der Waals surface area contributed by atoms with Gasteiger partial charge in [0.25, 0.3) is 11.8 Å². The van der Waals surface area contributed by atoms with Crippen LogP contribution < -0.4 is 10.6 Å². The normalized spacial score (nSPS) is 9.90. The summed E-state index contributed by atoms with van der Waals surface area (Å²) in [5.41, 5.74) is 5.54. The molecule has 4 heteroatoms. The molecule has 712 valence electrons. The molecule has 2 amide bonds. The molecule has 0 spiro atoms. The van der Waals surface area contributed by atoms with Crippen LogP contribution in [0.25, 0.3) is 64.6 Å². The molecule has 0 aliphatic rings. The van der Waals surface area contributed by atoms with Gasteiger partial charge in [0.2, 0.25) is 0 Å². The zero-order valence-corrected chi connectivity index (χ0v) is 85.2. The van der Waals surface area contributed by atoms with E-state index in [-0.39, 0.29) is 11.8 Å². The van der Waals surface area contributed by atoms with Crippen molar-refractivity contribution in [3.05, 3.63) is 288 Å². The largest absolute Gasteiger partial charge is 0.352 e. The number of nitrogens with one attached hydrogen (secondary N) is 2. The van der Waals surface area contributed by atoms with Crippen molar-refractivity contribution in [3.63, 3.8) is 0 Å². The number of rotatable bonds is 58. The van der Waals surface area contributed by atoms with Crippen molar-refractivity contribution < 1.29 is 9.59 Å². The van der Waals surface area contributed by atoms with Crippen molar-refractivity contribution in [2.75, 3.05) is 13.1 Å². The lowest BCUT2D eigenvalue weighted by molar-refractivity contribution is 0.0945. The lowest BCUT2D eigenvalue weighted by Crippen LogP contribution is -2.24. The maximum atomic E-state index is 14.1. The van der Waals surface area contributed by atoms with Crippen LogP contribution in [0, 0.1) is 193 Å². The van der Waals surface area contributed by atoms with Gasteiger partial charge in [-0.25, -0.2) is 0 Å². The molecule has 0 aliphatic carbocycles. The van der Waals surface area contributed by atoms with E-state index in [2.05, 4.69) is 294 Å². The van der Waals surface area contributed by atoms with Crippen molar-refractivity contribution in [2.45, 2.75) is 401 Å². The number of benzene rings is 6. The molecule has 0 aliphatic heterocycles. The maximum Gasteiger partial charge on any atom is 0.251 e. The SMILES string of the molecule is CCCCCCCCCCCCC#CC#CCCCCNC(=O)c1cc2c#cc#cc3cc(CCCCCCCC)cc(c#cc#cc4cc(CCCCCCCC)cc(c#cc#cc5cc(C(=O)NCCCCC#CC#CCCCCCCCCCCCC)cc(c#cc#cc6cc(CCCCCCCC)cc(c#cc#cc7cc(CCCCCCCC)cc(c#cc#cc(c1)c2)c7)c6)c5)c4)c3. The zero-order chi connectivity index (χ0) is 97.3. The Labute approximate surface area is 840 Å². The first-order valence-electron chi connectivity index (χ1n) is 53.6. The van der Waals surface area contributed by atoms with Crippen LogP contribution in [0.4, 0.5) is 0 Å². The Morgan fingerprint density at radius 1 is 0.188 bits per heavy atom. The van der Waals surface area contributed by atoms with E-state index in [0.29, 0.717) is 58.6 Å². The summed E-state index contributed by atoms with van der Waals surface area (Å²) in [6.07, 6.45) is 64.6. The summed E-state index contributed by atoms with van der Waals surface area (Å²) in [5.74, 6) is 24.7. The summed E-state index contributed by atoms with van der Waals surface area (Å²) in [5, 5.41) is 15.3. The molecule has 7 aromatic rings. The number of carbonyl (C=O) groups excluding carboxylic acids is 2. The van der Waals surface area contributed by atoms with Gasteiger partial charge >= 0.3 is 0 Å². The van der Waals surface area contributed by atoms with Crippen LogP contribution in [0.2, 0.25) is 0 Å². The summed E-state index contributed by atoms with van der Waals surface area (Å²) < 4.78 is 0. The second-order valence-electron chi connectivity index (χ2n) is 36.8. The lowest BCUT2D eigenvalue weighted by Gasteiger charge is -2.04. The lowest BCUT2D eigenvalue weighted by atomic mass is 10.0. The second-order valence-corrected chi connectivity index (χ2v) is 36.8. The number of hydrogen-bond acceptors (Lipinski definition) is 2. The number of amides is 2. The number of fused-ring (bicyclic) bond motifs is 12. The highest BCUT2D eigenvalue weighted by atomic mass is 16.2. The molecule has 138 heavy (non-hydrogen) atoms. The highest BCUT2D eigenvalue weighted by molar-refractivity contribution is 5.98. The van der Waals surface area contributed by atoms with Crippen LogP contribution in [0.5, 0.6) is 0 Å². The van der Waals surface area contributed by atoms with Gasteiger partial charge in [-0.2, -0.15) is 0 Å². The Balaban J connectivity index is 1.30. The number of aryl methyl sites for hydroxylation is 4. The van der Waals surface area contributed by atoms with E-state index >= 15 is 0 Å². The Bertz CT molecular complexity index is 4890. The van der Waals surface area contributed by atoms with E-state index < -0.39 is 0 Å². The molecule has 0 saturated carbocycles. The topological polar surface area (TPSA) is 58.2 Å². The van der Waals surface area contributed by atoms with Gasteiger partial charge < -0.3 is 10.6 Å². The third-order valence-electron chi connectivity index (χ3n) is 24.3. The first kappa shape index (κ1) is 112. The van der Waals surface area contributed by atoms with Gasteiger partial charge in [-0.05, 0) is 318 Å². The molecule has 0 unspecified atom stereocenters. The Hall–Kier alpha value is -12.8. The van der Waals surface area contributed by atoms with Crippen molar-refractivity contribution in [3.8, 4) is 47.4 Å². The molecule has 0 radical (unpaired) electrons. The summed E-state index contributed by atoms with van der Waals surface area (Å²) >= 11 is 0. The van der Waals surface area contributed by atoms with Crippen LogP contribution in [0.1, 0.15) is 418 Å². The molecule has 2 N–H and O–H groups in total. The van der Waals surface area contributed by atoms with E-state index in [1.165, 1.54) is 218 Å². The Kier molecular flexibility index (Phi) is 62.0. The minimum absolute atomic E-state index is 0.213. The van der Waals surface area contributed by atoms with E-state index in [0.717, 1.165) is 194 Å². The third-order valence-corrected chi connectivity index (χ3v) is 24.3. The molecular weight excluding hydrogens is 1670 g/mol. The van der Waals surface area contributed by atoms with Crippen LogP contribution in [-0.4, -0.2) is 24.9 Å². The van der Waals surface area contributed by atoms with Gasteiger partial charge in [-0.3, -0.25) is 9.59 Å². The van der Waals surface area contributed by atoms with Gasteiger partial charge in [-0.15, -0.1) is 0 Å². The molecule has 0 atom stereocenters. The van der Waals surface area contributed by atoms with Crippen LogP contribution in [0.15, 0.2) is 109 Å². The predicted octanol–water partition coefficient (Wildman–Crippen LogP) is 34.3. The van der Waals surface area contributed by atoms with E-state index in [9.17, 15) is 9.59 Å². The van der Waals surface area contributed by atoms with Gasteiger partial charge in [0.05, 0.1) is 0 Å². The van der Waals surface area contributed by atoms with Gasteiger partial charge in [-0.1, -0.05) is 382 Å². The molecule has 12 bridgehead atoms. The summed E-state index contributed by atoms with van der Waals surface area (Å²) in [6.45, 7) is 14.5. The zero-order valence-electron chi connectivity index (χ0n) is 85.2. The Morgan fingerprint density at radius 3 is 0.522 bits per heavy atom. The average molecular weight is 1820 g/mol. The van der Waals surface area contributed by atoms with Crippen molar-refractivity contribution in [1.29, 1.82) is 0 Å². The van der Waals surface area contributed by atoms with E-state index in [1.807, 2.05) is 60.7 Å². The molecule has 7 aromatic carbocycles. The van der Waals surface area contributed by atoms with Crippen LogP contribution in [-0.2, 0) is 25.7 Å². The van der Waals surface area contributed by atoms with E-state index in [1.54, 1.807) is 0 Å². The first-order chi connectivity index (χ1) is 68.1. The highest BCUT2D eigenvalue weighted by Crippen LogP contribution is 2.22. The van der Waals surface area contributed by atoms with Gasteiger partial charge in [0.1, 0.15) is 0 Å². The van der Waals surface area contributed by atoms with Crippen molar-refractivity contribution >= 4 is 76.4 Å². The molecule has 0 heterocycles. The fourth-order valence-electron chi connectivity index (χ4n) is 16.5. The molecule has 0 aromatic heterocycles. The highest BCUT2D eigenvalue weighted by Gasteiger charge is 2.09. The van der Waals surface area contributed by atoms with Crippen molar-refractivity contribution in [2.24, 2.45) is 0 Å². The molecule has 0 saturated heterocycles. The fourth-order valence-corrected chi connectivity index (χ4v) is 16.5. The number of hydrogen-bond donors (Lipinski definition) is 2. The molecule has 4 nitrogen and oxygen atoms in total. The smallest absolute Gasteiger partial charge is 0.251 e. The summed E-state index contributed by atoms with van der Waals surface area (Å²) in [7, 11) is 0. The fraction of sp³-hybridized carbons (Fsp3) is 0.478. The van der Waals surface area contributed by atoms with Crippen molar-refractivity contribution in [1.82, 2.24) is 10.6 Å². The monoisotopic (exact) mass is 1820 g/mol. The van der Waals surface area contributed by atoms with Crippen LogP contribution >= 0.6 is 0 Å². The summed E-state index contributed by atoms with van der Waals surface area (Å²) in [4.78, 5) is 28.3. The minimum Gasteiger partial charge on any atom is -0.352 e.